The number of aryl methyl sites for hydroxylation is 2. The van der Waals surface area contributed by atoms with Crippen LogP contribution in [0.4, 0.5) is 5.13 Å². The van der Waals surface area contributed by atoms with Gasteiger partial charge < -0.3 is 5.32 Å². The molecule has 19 heavy (non-hydrogen) atoms. The van der Waals surface area contributed by atoms with Crippen LogP contribution in [0.5, 0.6) is 0 Å². The lowest BCUT2D eigenvalue weighted by Crippen LogP contribution is -2.23. The van der Waals surface area contributed by atoms with Gasteiger partial charge in [0, 0.05) is 4.88 Å². The zero-order valence-corrected chi connectivity index (χ0v) is 11.5. The average molecular weight is 277 g/mol. The number of rotatable bonds is 3. The Morgan fingerprint density at radius 1 is 1.47 bits per heavy atom. The Labute approximate surface area is 114 Å². The second-order valence-electron chi connectivity index (χ2n) is 4.64. The fraction of sp³-hybridized carbons (Fsp3) is 0.500. The summed E-state index contributed by atoms with van der Waals surface area (Å²) in [7, 11) is 0. The first-order valence-electron chi connectivity index (χ1n) is 6.37. The molecule has 7 heteroatoms. The van der Waals surface area contributed by atoms with Gasteiger partial charge >= 0.3 is 0 Å². The van der Waals surface area contributed by atoms with Gasteiger partial charge in [-0.15, -0.1) is 11.3 Å². The molecule has 100 valence electrons. The summed E-state index contributed by atoms with van der Waals surface area (Å²) in [5.74, 6) is -0.114. The number of nitrogens with zero attached hydrogens (tertiary/aromatic N) is 4. The van der Waals surface area contributed by atoms with Gasteiger partial charge in [0.15, 0.2) is 5.13 Å². The standard InChI is InChI=1S/C12H15N5OS/c1-8(17-7-13-6-14-17)11(18)16-12-15-9-4-2-3-5-10(9)19-12/h6-8H,2-5H2,1H3,(H,15,16,18). The predicted molar refractivity (Wildman–Crippen MR) is 72.1 cm³/mol. The van der Waals surface area contributed by atoms with Gasteiger partial charge in [0.25, 0.3) is 5.91 Å². The highest BCUT2D eigenvalue weighted by atomic mass is 32.1. The second-order valence-corrected chi connectivity index (χ2v) is 5.72. The smallest absolute Gasteiger partial charge is 0.250 e. The maximum atomic E-state index is 12.1. The SMILES string of the molecule is CC(C(=O)Nc1nc2c(s1)CCCC2)n1cncn1. The van der Waals surface area contributed by atoms with E-state index in [1.165, 1.54) is 35.1 Å². The molecule has 0 saturated heterocycles. The summed E-state index contributed by atoms with van der Waals surface area (Å²) in [5, 5.41) is 7.54. The molecule has 2 heterocycles. The van der Waals surface area contributed by atoms with Crippen LogP contribution < -0.4 is 5.32 Å². The number of anilines is 1. The minimum Gasteiger partial charge on any atom is -0.300 e. The molecule has 0 radical (unpaired) electrons. The van der Waals surface area contributed by atoms with Crippen molar-refractivity contribution in [2.24, 2.45) is 0 Å². The Morgan fingerprint density at radius 2 is 2.32 bits per heavy atom. The lowest BCUT2D eigenvalue weighted by Gasteiger charge is -2.09. The van der Waals surface area contributed by atoms with Crippen LogP contribution >= 0.6 is 11.3 Å². The van der Waals surface area contributed by atoms with Crippen molar-refractivity contribution in [1.29, 1.82) is 0 Å². The largest absolute Gasteiger partial charge is 0.300 e. The van der Waals surface area contributed by atoms with Gasteiger partial charge in [-0.2, -0.15) is 5.10 Å². The molecule has 0 aliphatic heterocycles. The van der Waals surface area contributed by atoms with Crippen LogP contribution in [0.15, 0.2) is 12.7 Å². The number of nitrogens with one attached hydrogen (secondary N) is 1. The lowest BCUT2D eigenvalue weighted by atomic mass is 10.0. The number of thiazole rings is 1. The highest BCUT2D eigenvalue weighted by molar-refractivity contribution is 7.15. The molecule has 2 aromatic rings. The summed E-state index contributed by atoms with van der Waals surface area (Å²) in [6, 6.07) is -0.386. The van der Waals surface area contributed by atoms with Crippen LogP contribution in [0.1, 0.15) is 36.4 Å². The van der Waals surface area contributed by atoms with Crippen LogP contribution in [-0.4, -0.2) is 25.7 Å². The number of fused-ring (bicyclic) bond motifs is 1. The van der Waals surface area contributed by atoms with E-state index in [0.717, 1.165) is 18.5 Å². The van der Waals surface area contributed by atoms with E-state index in [9.17, 15) is 4.79 Å². The molecular weight excluding hydrogens is 262 g/mol. The molecule has 0 aromatic carbocycles. The quantitative estimate of drug-likeness (QED) is 0.928. The minimum atomic E-state index is -0.386. The van der Waals surface area contributed by atoms with Gasteiger partial charge in [-0.25, -0.2) is 14.6 Å². The third kappa shape index (κ3) is 2.51. The molecule has 1 aliphatic carbocycles. The number of hydrogen-bond acceptors (Lipinski definition) is 5. The Morgan fingerprint density at radius 3 is 3.05 bits per heavy atom. The number of amides is 1. The van der Waals surface area contributed by atoms with Crippen molar-refractivity contribution < 1.29 is 4.79 Å². The summed E-state index contributed by atoms with van der Waals surface area (Å²) in [4.78, 5) is 21.7. The van der Waals surface area contributed by atoms with Gasteiger partial charge in [-0.05, 0) is 32.6 Å². The first-order chi connectivity index (χ1) is 9.24. The molecule has 3 rings (SSSR count). The van der Waals surface area contributed by atoms with E-state index in [0.29, 0.717) is 5.13 Å². The van der Waals surface area contributed by atoms with Crippen molar-refractivity contribution in [2.75, 3.05) is 5.32 Å². The molecule has 0 spiro atoms. The minimum absolute atomic E-state index is 0.114. The van der Waals surface area contributed by atoms with Crippen LogP contribution in [0.2, 0.25) is 0 Å². The van der Waals surface area contributed by atoms with Crippen LogP contribution in [0.3, 0.4) is 0 Å². The van der Waals surface area contributed by atoms with Crippen LogP contribution in [0.25, 0.3) is 0 Å². The molecule has 1 aliphatic rings. The third-order valence-corrected chi connectivity index (χ3v) is 4.36. The maximum absolute atomic E-state index is 12.1. The van der Waals surface area contributed by atoms with E-state index >= 15 is 0 Å². The third-order valence-electron chi connectivity index (χ3n) is 3.29. The fourth-order valence-electron chi connectivity index (χ4n) is 2.15. The van der Waals surface area contributed by atoms with Gasteiger partial charge in [-0.3, -0.25) is 4.79 Å². The van der Waals surface area contributed by atoms with E-state index in [-0.39, 0.29) is 11.9 Å². The molecule has 1 N–H and O–H groups in total. The molecule has 1 amide bonds. The second kappa shape index (κ2) is 5.08. The molecule has 1 unspecified atom stereocenters. The molecule has 2 aromatic heterocycles. The first kappa shape index (κ1) is 12.3. The number of carbonyl (C=O) groups is 1. The van der Waals surface area contributed by atoms with Crippen LogP contribution in [0, 0.1) is 0 Å². The summed E-state index contributed by atoms with van der Waals surface area (Å²) >= 11 is 1.59. The van der Waals surface area contributed by atoms with E-state index in [1.807, 2.05) is 0 Å². The normalized spacial score (nSPS) is 15.8. The monoisotopic (exact) mass is 277 g/mol. The molecule has 0 bridgehead atoms. The zero-order valence-electron chi connectivity index (χ0n) is 10.7. The van der Waals surface area contributed by atoms with Crippen LogP contribution in [-0.2, 0) is 17.6 Å². The summed E-state index contributed by atoms with van der Waals surface area (Å²) in [5.41, 5.74) is 1.15. The van der Waals surface area contributed by atoms with Gasteiger partial charge in [0.05, 0.1) is 5.69 Å². The highest BCUT2D eigenvalue weighted by Gasteiger charge is 2.19. The topological polar surface area (TPSA) is 72.7 Å². The summed E-state index contributed by atoms with van der Waals surface area (Å²) in [6.07, 6.45) is 7.49. The molecule has 6 nitrogen and oxygen atoms in total. The summed E-state index contributed by atoms with van der Waals surface area (Å²) in [6.45, 7) is 1.79. The predicted octanol–water partition coefficient (Wildman–Crippen LogP) is 1.81. The Bertz CT molecular complexity index is 553. The molecule has 1 atom stereocenters. The molecular formula is C12H15N5OS. The fourth-order valence-corrected chi connectivity index (χ4v) is 3.21. The Hall–Kier alpha value is -1.76. The maximum Gasteiger partial charge on any atom is 0.250 e. The summed E-state index contributed by atoms with van der Waals surface area (Å²) < 4.78 is 1.53. The lowest BCUT2D eigenvalue weighted by molar-refractivity contribution is -0.119. The van der Waals surface area contributed by atoms with Gasteiger partial charge in [0.2, 0.25) is 0 Å². The van der Waals surface area contributed by atoms with E-state index < -0.39 is 0 Å². The number of carbonyl (C=O) groups excluding carboxylic acids is 1. The van der Waals surface area contributed by atoms with Crippen molar-refractivity contribution in [3.63, 3.8) is 0 Å². The van der Waals surface area contributed by atoms with E-state index in [1.54, 1.807) is 18.3 Å². The highest BCUT2D eigenvalue weighted by Crippen LogP contribution is 2.29. The van der Waals surface area contributed by atoms with Gasteiger partial charge in [-0.1, -0.05) is 0 Å². The van der Waals surface area contributed by atoms with E-state index in [4.69, 9.17) is 0 Å². The van der Waals surface area contributed by atoms with Crippen molar-refractivity contribution in [2.45, 2.75) is 38.6 Å². The van der Waals surface area contributed by atoms with Crippen molar-refractivity contribution in [3.8, 4) is 0 Å². The first-order valence-corrected chi connectivity index (χ1v) is 7.19. The average Bonchev–Trinajstić information content (AvgIpc) is 3.06. The molecule has 0 fully saturated rings. The van der Waals surface area contributed by atoms with E-state index in [2.05, 4.69) is 20.4 Å². The van der Waals surface area contributed by atoms with Crippen molar-refractivity contribution >= 4 is 22.4 Å². The number of aromatic nitrogens is 4. The van der Waals surface area contributed by atoms with Crippen molar-refractivity contribution in [1.82, 2.24) is 19.7 Å². The Balaban J connectivity index is 1.71. The Kier molecular flexibility index (Phi) is 3.29. The van der Waals surface area contributed by atoms with Gasteiger partial charge in [0.1, 0.15) is 18.7 Å². The number of hydrogen-bond donors (Lipinski definition) is 1. The van der Waals surface area contributed by atoms with Crippen molar-refractivity contribution in [3.05, 3.63) is 23.2 Å². The molecule has 0 saturated carbocycles. The zero-order chi connectivity index (χ0) is 13.2.